The predicted octanol–water partition coefficient (Wildman–Crippen LogP) is 2.16. The summed E-state index contributed by atoms with van der Waals surface area (Å²) in [5, 5.41) is 0. The van der Waals surface area contributed by atoms with E-state index < -0.39 is 0 Å². The Bertz CT molecular complexity index is 486. The van der Waals surface area contributed by atoms with E-state index in [0.717, 1.165) is 11.3 Å². The van der Waals surface area contributed by atoms with Crippen LogP contribution < -0.4 is 9.47 Å². The van der Waals surface area contributed by atoms with Gasteiger partial charge in [-0.1, -0.05) is 12.1 Å². The van der Waals surface area contributed by atoms with E-state index >= 15 is 0 Å². The van der Waals surface area contributed by atoms with E-state index in [0.29, 0.717) is 11.7 Å². The molecule has 1 heterocycles. The molecule has 0 aliphatic carbocycles. The van der Waals surface area contributed by atoms with Crippen LogP contribution in [0.4, 0.5) is 0 Å². The monoisotopic (exact) mass is 216 g/mol. The Balaban J connectivity index is 2.49. The molecule has 0 radical (unpaired) electrons. The van der Waals surface area contributed by atoms with Crippen molar-refractivity contribution in [2.75, 3.05) is 14.2 Å². The lowest BCUT2D eigenvalue weighted by molar-refractivity contribution is 0.397. The van der Waals surface area contributed by atoms with Gasteiger partial charge in [-0.2, -0.15) is 4.98 Å². The van der Waals surface area contributed by atoms with Crippen LogP contribution in [0.15, 0.2) is 36.5 Å². The zero-order valence-electron chi connectivity index (χ0n) is 9.18. The van der Waals surface area contributed by atoms with Crippen LogP contribution in [0.1, 0.15) is 0 Å². The maximum Gasteiger partial charge on any atom is 0.216 e. The Kier molecular flexibility index (Phi) is 3.00. The molecule has 0 aliphatic heterocycles. The molecule has 2 aromatic rings. The molecule has 0 bridgehead atoms. The minimum Gasteiger partial charge on any atom is -0.496 e. The fraction of sp³-hybridized carbons (Fsp3) is 0.167. The molecular formula is C12H12N2O2. The highest BCUT2D eigenvalue weighted by Crippen LogP contribution is 2.27. The Morgan fingerprint density at radius 1 is 1.00 bits per heavy atom. The van der Waals surface area contributed by atoms with E-state index in [1.54, 1.807) is 26.5 Å². The molecule has 4 nitrogen and oxygen atoms in total. The van der Waals surface area contributed by atoms with Crippen molar-refractivity contribution in [3.05, 3.63) is 36.5 Å². The number of hydrogen-bond donors (Lipinski definition) is 0. The van der Waals surface area contributed by atoms with Gasteiger partial charge in [-0.15, -0.1) is 0 Å². The van der Waals surface area contributed by atoms with Gasteiger partial charge < -0.3 is 9.47 Å². The number of nitrogens with zero attached hydrogens (tertiary/aromatic N) is 2. The zero-order valence-corrected chi connectivity index (χ0v) is 9.18. The number of para-hydroxylation sites is 1. The van der Waals surface area contributed by atoms with E-state index in [4.69, 9.17) is 9.47 Å². The van der Waals surface area contributed by atoms with Crippen LogP contribution in [-0.2, 0) is 0 Å². The molecule has 4 heteroatoms. The summed E-state index contributed by atoms with van der Waals surface area (Å²) in [5.74, 6) is 1.88. The first-order valence-corrected chi connectivity index (χ1v) is 4.85. The van der Waals surface area contributed by atoms with Gasteiger partial charge in [-0.05, 0) is 12.1 Å². The lowest BCUT2D eigenvalue weighted by atomic mass is 10.2. The number of hydrogen-bond acceptors (Lipinski definition) is 4. The SMILES string of the molecule is COc1ccnc(-c2ccccc2OC)n1. The van der Waals surface area contributed by atoms with Gasteiger partial charge in [0, 0.05) is 12.3 Å². The number of aromatic nitrogens is 2. The minimum atomic E-state index is 0.538. The van der Waals surface area contributed by atoms with Crippen molar-refractivity contribution in [1.82, 2.24) is 9.97 Å². The molecule has 0 unspecified atom stereocenters. The molecule has 16 heavy (non-hydrogen) atoms. The first-order valence-electron chi connectivity index (χ1n) is 4.85. The van der Waals surface area contributed by atoms with Crippen LogP contribution in [0.3, 0.4) is 0 Å². The van der Waals surface area contributed by atoms with Crippen LogP contribution in [0.5, 0.6) is 11.6 Å². The summed E-state index contributed by atoms with van der Waals surface area (Å²) in [5.41, 5.74) is 0.851. The van der Waals surface area contributed by atoms with Gasteiger partial charge in [0.15, 0.2) is 5.82 Å². The topological polar surface area (TPSA) is 44.2 Å². The summed E-state index contributed by atoms with van der Waals surface area (Å²) in [6.07, 6.45) is 1.66. The number of rotatable bonds is 3. The third-order valence-corrected chi connectivity index (χ3v) is 2.19. The molecule has 0 aliphatic rings. The summed E-state index contributed by atoms with van der Waals surface area (Å²) in [7, 11) is 3.20. The molecule has 2 rings (SSSR count). The Morgan fingerprint density at radius 2 is 1.81 bits per heavy atom. The van der Waals surface area contributed by atoms with E-state index in [9.17, 15) is 0 Å². The molecule has 0 saturated heterocycles. The van der Waals surface area contributed by atoms with Crippen molar-refractivity contribution >= 4 is 0 Å². The molecule has 0 fully saturated rings. The van der Waals surface area contributed by atoms with Crippen molar-refractivity contribution in [3.8, 4) is 23.0 Å². The molecule has 0 saturated carbocycles. The molecule has 0 spiro atoms. The van der Waals surface area contributed by atoms with Gasteiger partial charge in [0.25, 0.3) is 0 Å². The van der Waals surface area contributed by atoms with E-state index in [1.807, 2.05) is 24.3 Å². The fourth-order valence-corrected chi connectivity index (χ4v) is 1.41. The highest BCUT2D eigenvalue weighted by Gasteiger charge is 2.08. The third kappa shape index (κ3) is 1.95. The van der Waals surface area contributed by atoms with Crippen LogP contribution in [0.25, 0.3) is 11.4 Å². The lowest BCUT2D eigenvalue weighted by Crippen LogP contribution is -1.94. The van der Waals surface area contributed by atoms with Crippen molar-refractivity contribution in [2.24, 2.45) is 0 Å². The second-order valence-corrected chi connectivity index (χ2v) is 3.12. The first kappa shape index (κ1) is 10.4. The van der Waals surface area contributed by atoms with Gasteiger partial charge in [-0.3, -0.25) is 0 Å². The van der Waals surface area contributed by atoms with Crippen molar-refractivity contribution in [1.29, 1.82) is 0 Å². The minimum absolute atomic E-state index is 0.538. The van der Waals surface area contributed by atoms with E-state index in [2.05, 4.69) is 9.97 Å². The third-order valence-electron chi connectivity index (χ3n) is 2.19. The summed E-state index contributed by atoms with van der Waals surface area (Å²) in [6, 6.07) is 9.31. The Hall–Kier alpha value is -2.10. The van der Waals surface area contributed by atoms with Gasteiger partial charge in [0.2, 0.25) is 5.88 Å². The Labute approximate surface area is 93.9 Å². The maximum atomic E-state index is 5.25. The highest BCUT2D eigenvalue weighted by molar-refractivity contribution is 5.64. The first-order chi connectivity index (χ1) is 7.85. The molecule has 1 aromatic heterocycles. The maximum absolute atomic E-state index is 5.25. The molecule has 0 N–H and O–H groups in total. The smallest absolute Gasteiger partial charge is 0.216 e. The van der Waals surface area contributed by atoms with Crippen molar-refractivity contribution in [3.63, 3.8) is 0 Å². The second-order valence-electron chi connectivity index (χ2n) is 3.12. The van der Waals surface area contributed by atoms with Gasteiger partial charge >= 0.3 is 0 Å². The standard InChI is InChI=1S/C12H12N2O2/c1-15-10-6-4-3-5-9(10)12-13-8-7-11(14-12)16-2/h3-8H,1-2H3. The lowest BCUT2D eigenvalue weighted by Gasteiger charge is -2.07. The predicted molar refractivity (Wildman–Crippen MR) is 60.6 cm³/mol. The molecule has 1 aromatic carbocycles. The van der Waals surface area contributed by atoms with Gasteiger partial charge in [0.05, 0.1) is 19.8 Å². The van der Waals surface area contributed by atoms with Crippen LogP contribution in [0.2, 0.25) is 0 Å². The Morgan fingerprint density at radius 3 is 2.56 bits per heavy atom. The largest absolute Gasteiger partial charge is 0.496 e. The van der Waals surface area contributed by atoms with Crippen LogP contribution in [-0.4, -0.2) is 24.2 Å². The second kappa shape index (κ2) is 4.61. The van der Waals surface area contributed by atoms with Crippen molar-refractivity contribution < 1.29 is 9.47 Å². The summed E-state index contributed by atoms with van der Waals surface area (Å²) >= 11 is 0. The molecular weight excluding hydrogens is 204 g/mol. The highest BCUT2D eigenvalue weighted by atomic mass is 16.5. The van der Waals surface area contributed by atoms with Crippen LogP contribution in [0, 0.1) is 0 Å². The molecule has 0 atom stereocenters. The molecule has 0 amide bonds. The number of methoxy groups -OCH3 is 2. The average Bonchev–Trinajstić information content (AvgIpc) is 2.38. The van der Waals surface area contributed by atoms with E-state index in [1.165, 1.54) is 0 Å². The van der Waals surface area contributed by atoms with Crippen molar-refractivity contribution in [2.45, 2.75) is 0 Å². The van der Waals surface area contributed by atoms with Gasteiger partial charge in [-0.25, -0.2) is 4.98 Å². The van der Waals surface area contributed by atoms with E-state index in [-0.39, 0.29) is 0 Å². The average molecular weight is 216 g/mol. The number of benzene rings is 1. The summed E-state index contributed by atoms with van der Waals surface area (Å²) in [4.78, 5) is 8.45. The summed E-state index contributed by atoms with van der Waals surface area (Å²) in [6.45, 7) is 0. The quantitative estimate of drug-likeness (QED) is 0.788. The molecule has 82 valence electrons. The summed E-state index contributed by atoms with van der Waals surface area (Å²) < 4.78 is 10.3. The fourth-order valence-electron chi connectivity index (χ4n) is 1.41. The normalized spacial score (nSPS) is 9.88. The van der Waals surface area contributed by atoms with Gasteiger partial charge in [0.1, 0.15) is 5.75 Å². The number of ether oxygens (including phenoxy) is 2. The van der Waals surface area contributed by atoms with Crippen LogP contribution >= 0.6 is 0 Å². The zero-order chi connectivity index (χ0) is 11.4.